The molecule has 0 spiro atoms. The first-order chi connectivity index (χ1) is 15.9. The molecule has 196 valence electrons. The van der Waals surface area contributed by atoms with E-state index in [9.17, 15) is 9.59 Å². The molecule has 3 aliphatic carbocycles. The third kappa shape index (κ3) is 3.49. The van der Waals surface area contributed by atoms with E-state index in [1.807, 2.05) is 6.92 Å². The van der Waals surface area contributed by atoms with E-state index in [4.69, 9.17) is 6.58 Å². The van der Waals surface area contributed by atoms with Crippen molar-refractivity contribution in [3.63, 3.8) is 0 Å². The molecule has 2 N–H and O–H groups in total. The van der Waals surface area contributed by atoms with Crippen molar-refractivity contribution in [3.05, 3.63) is 62.8 Å². The molecule has 3 atom stereocenters. The maximum atomic E-state index is 14.1. The van der Waals surface area contributed by atoms with Gasteiger partial charge in [0.2, 0.25) is 0 Å². The van der Waals surface area contributed by atoms with Gasteiger partial charge in [-0.25, -0.2) is 0 Å². The predicted molar refractivity (Wildman–Crippen MR) is 150 cm³/mol. The van der Waals surface area contributed by atoms with Gasteiger partial charge in [0.1, 0.15) is 0 Å². The van der Waals surface area contributed by atoms with Crippen LogP contribution in [0.2, 0.25) is 0 Å². The van der Waals surface area contributed by atoms with Crippen molar-refractivity contribution >= 4 is 17.1 Å². The third-order valence-electron chi connectivity index (χ3n) is 9.98. The van der Waals surface area contributed by atoms with Gasteiger partial charge >= 0.3 is 0 Å². The number of rotatable bonds is 2. The largest absolute Gasteiger partial charge is 0.412 e. The zero-order chi connectivity index (χ0) is 26.5. The molecule has 0 aliphatic heterocycles. The van der Waals surface area contributed by atoms with Crippen LogP contribution in [-0.4, -0.2) is 17.0 Å². The van der Waals surface area contributed by atoms with Gasteiger partial charge in [0, 0.05) is 0 Å². The second-order valence-electron chi connectivity index (χ2n) is 13.5. The molecule has 0 fully saturated rings. The summed E-state index contributed by atoms with van der Waals surface area (Å²) in [6.45, 7) is 28.6. The topological polar surface area (TPSA) is 65.6 Å². The van der Waals surface area contributed by atoms with Crippen LogP contribution in [0.4, 0.5) is 0 Å². The van der Waals surface area contributed by atoms with Gasteiger partial charge in [-0.15, -0.1) is 0 Å². The maximum absolute atomic E-state index is 14.1. The Morgan fingerprint density at radius 1 is 1.08 bits per heavy atom. The van der Waals surface area contributed by atoms with Crippen molar-refractivity contribution in [2.45, 2.75) is 107 Å². The minimum atomic E-state index is -0.702. The molecular weight excluding hydrogens is 444 g/mol. The normalized spacial score (nSPS) is 30.0. The summed E-state index contributed by atoms with van der Waals surface area (Å²) >= 11 is 0. The molecule has 0 amide bonds. The lowest BCUT2D eigenvalue weighted by atomic mass is 9.42. The third-order valence-corrected chi connectivity index (χ3v) is 9.98. The lowest BCUT2D eigenvalue weighted by Gasteiger charge is -2.60. The van der Waals surface area contributed by atoms with E-state index in [0.29, 0.717) is 5.57 Å². The molecule has 1 aromatic rings. The average molecular weight is 491 g/mol. The fourth-order valence-electron chi connectivity index (χ4n) is 8.40. The molecular formula is C33H46O3. The fourth-order valence-corrected chi connectivity index (χ4v) is 8.40. The van der Waals surface area contributed by atoms with Gasteiger partial charge in [-0.05, 0) is 116 Å². The Kier molecular flexibility index (Phi) is 6.59. The van der Waals surface area contributed by atoms with Crippen molar-refractivity contribution in [2.75, 3.05) is 0 Å². The van der Waals surface area contributed by atoms with Crippen molar-refractivity contribution in [1.29, 1.82) is 0 Å². The number of ketones is 2. The predicted octanol–water partition coefficient (Wildman–Crippen LogP) is 7.22. The number of allylic oxidation sites excluding steroid dienone is 5. The Balaban J connectivity index is 0.00000361. The first-order valence-corrected chi connectivity index (χ1v) is 13.3. The van der Waals surface area contributed by atoms with Gasteiger partial charge in [-0.3, -0.25) is 9.59 Å². The Morgan fingerprint density at radius 3 is 2.17 bits per heavy atom. The summed E-state index contributed by atoms with van der Waals surface area (Å²) in [4.78, 5) is 26.6. The Morgan fingerprint density at radius 2 is 1.67 bits per heavy atom. The van der Waals surface area contributed by atoms with E-state index < -0.39 is 5.41 Å². The number of hydrogen-bond acceptors (Lipinski definition) is 2. The fraction of sp³-hybridized carbons (Fsp3) is 0.576. The number of benzene rings is 1. The average Bonchev–Trinajstić information content (AvgIpc) is 2.69. The van der Waals surface area contributed by atoms with Crippen molar-refractivity contribution in [3.8, 4) is 0 Å². The minimum absolute atomic E-state index is 0. The van der Waals surface area contributed by atoms with E-state index in [-0.39, 0.29) is 33.3 Å². The van der Waals surface area contributed by atoms with Gasteiger partial charge < -0.3 is 5.48 Å². The molecule has 0 bridgehead atoms. The number of Topliss-reactive ketones (excluding diaryl/α,β-unsaturated/α-hetero) is 2. The summed E-state index contributed by atoms with van der Waals surface area (Å²) in [5, 5.41) is 0. The second kappa shape index (κ2) is 8.38. The summed E-state index contributed by atoms with van der Waals surface area (Å²) in [5.74, 6) is -0.0933. The van der Waals surface area contributed by atoms with Crippen LogP contribution in [0.1, 0.15) is 110 Å². The quantitative estimate of drug-likeness (QED) is 0.411. The van der Waals surface area contributed by atoms with E-state index in [1.165, 1.54) is 40.3 Å². The van der Waals surface area contributed by atoms with Crippen LogP contribution in [0.5, 0.6) is 0 Å². The summed E-state index contributed by atoms with van der Waals surface area (Å²) in [6.07, 6.45) is 3.68. The molecule has 0 saturated carbocycles. The summed E-state index contributed by atoms with van der Waals surface area (Å²) < 4.78 is 0. The number of hydrogen-bond donors (Lipinski definition) is 0. The van der Waals surface area contributed by atoms with Crippen LogP contribution in [-0.2, 0) is 27.8 Å². The van der Waals surface area contributed by atoms with Crippen molar-refractivity contribution in [2.24, 2.45) is 16.2 Å². The van der Waals surface area contributed by atoms with Crippen molar-refractivity contribution < 1.29 is 15.1 Å². The van der Waals surface area contributed by atoms with E-state index in [0.717, 1.165) is 42.4 Å². The van der Waals surface area contributed by atoms with Crippen LogP contribution in [0, 0.1) is 23.2 Å². The molecule has 4 rings (SSSR count). The summed E-state index contributed by atoms with van der Waals surface area (Å²) in [5.41, 5.74) is 10.8. The number of fused-ring (bicyclic) bond motifs is 3. The molecule has 0 saturated heterocycles. The van der Waals surface area contributed by atoms with Crippen LogP contribution in [0.3, 0.4) is 0 Å². The van der Waals surface area contributed by atoms with Crippen LogP contribution in [0.25, 0.3) is 5.57 Å². The first kappa shape index (κ1) is 28.3. The second-order valence-corrected chi connectivity index (χ2v) is 13.5. The Labute approximate surface area is 218 Å². The SMILES string of the molecule is C=C1C2=C(C)C3(C)C(=O)C(C(C)=O)=C(C)CC3(C)CC2(C)Cc2c(CC)cc(C(C)(C)C)c(C)c21.O. The molecule has 3 unspecified atom stereocenters. The monoisotopic (exact) mass is 490 g/mol. The standard InChI is InChI=1S/C33H44O2.H2O/c1-13-23-14-25(30(7,8)9)19(3)27-20(4)28-21(5)33(12)29(35)26(22(6)34)18(2)15-32(33,11)17-31(28,10)16-24(23)27;/h14H,4,13,15-17H2,1-3,5-12H3;1H2. The molecule has 1 aromatic carbocycles. The molecule has 36 heavy (non-hydrogen) atoms. The highest BCUT2D eigenvalue weighted by Crippen LogP contribution is 2.68. The van der Waals surface area contributed by atoms with E-state index >= 15 is 0 Å². The van der Waals surface area contributed by atoms with E-state index in [1.54, 1.807) is 0 Å². The first-order valence-electron chi connectivity index (χ1n) is 13.3. The van der Waals surface area contributed by atoms with Gasteiger partial charge in [0.25, 0.3) is 0 Å². The van der Waals surface area contributed by atoms with Crippen LogP contribution >= 0.6 is 0 Å². The maximum Gasteiger partial charge on any atom is 0.176 e. The molecule has 3 heteroatoms. The zero-order valence-corrected chi connectivity index (χ0v) is 24.4. The Hall–Kier alpha value is -2.26. The highest BCUT2D eigenvalue weighted by atomic mass is 16.1. The van der Waals surface area contributed by atoms with E-state index in [2.05, 4.69) is 68.4 Å². The van der Waals surface area contributed by atoms with Crippen LogP contribution in [0.15, 0.2) is 34.9 Å². The lowest BCUT2D eigenvalue weighted by Crippen LogP contribution is -2.56. The van der Waals surface area contributed by atoms with Gasteiger partial charge in [0.15, 0.2) is 11.6 Å². The number of carbonyl (C=O) groups is 2. The van der Waals surface area contributed by atoms with Gasteiger partial charge in [0.05, 0.1) is 11.0 Å². The molecule has 3 nitrogen and oxygen atoms in total. The summed E-state index contributed by atoms with van der Waals surface area (Å²) in [6, 6.07) is 2.44. The lowest BCUT2D eigenvalue weighted by molar-refractivity contribution is -0.134. The van der Waals surface area contributed by atoms with Gasteiger partial charge in [-0.1, -0.05) is 65.3 Å². The van der Waals surface area contributed by atoms with Gasteiger partial charge in [-0.2, -0.15) is 0 Å². The highest BCUT2D eigenvalue weighted by molar-refractivity contribution is 6.23. The molecule has 0 heterocycles. The summed E-state index contributed by atoms with van der Waals surface area (Å²) in [7, 11) is 0. The molecule has 0 radical (unpaired) electrons. The van der Waals surface area contributed by atoms with Crippen molar-refractivity contribution in [1.82, 2.24) is 0 Å². The highest BCUT2D eigenvalue weighted by Gasteiger charge is 2.62. The van der Waals surface area contributed by atoms with Crippen LogP contribution < -0.4 is 0 Å². The zero-order valence-electron chi connectivity index (χ0n) is 24.4. The number of carbonyl (C=O) groups excluding carboxylic acids is 2. The molecule has 0 aromatic heterocycles. The minimum Gasteiger partial charge on any atom is -0.412 e. The number of aryl methyl sites for hydroxylation is 1. The molecule has 3 aliphatic rings. The Bertz CT molecular complexity index is 1260. The smallest absolute Gasteiger partial charge is 0.176 e.